The summed E-state index contributed by atoms with van der Waals surface area (Å²) in [5, 5.41) is 9.78. The van der Waals surface area contributed by atoms with Gasteiger partial charge < -0.3 is 15.7 Å². The number of halogens is 1. The molecule has 0 spiro atoms. The molecule has 1 aromatic rings. The van der Waals surface area contributed by atoms with Crippen molar-refractivity contribution < 1.29 is 5.11 Å². The van der Waals surface area contributed by atoms with Crippen LogP contribution in [0.4, 0.5) is 0 Å². The summed E-state index contributed by atoms with van der Waals surface area (Å²) in [7, 11) is 0. The van der Waals surface area contributed by atoms with E-state index in [1.54, 1.807) is 0 Å². The Labute approximate surface area is 132 Å². The van der Waals surface area contributed by atoms with Gasteiger partial charge in [0, 0.05) is 30.7 Å². The second-order valence-electron chi connectivity index (χ2n) is 5.68. The summed E-state index contributed by atoms with van der Waals surface area (Å²) < 4.78 is 0. The fraction of sp³-hybridized carbons (Fsp3) is 0.625. The summed E-state index contributed by atoms with van der Waals surface area (Å²) in [5.41, 5.74) is 7.31. The Balaban J connectivity index is 1.79. The number of nitrogens with two attached hydrogens (primary N) is 1. The summed E-state index contributed by atoms with van der Waals surface area (Å²) in [6.45, 7) is 6.30. The van der Waals surface area contributed by atoms with Crippen LogP contribution in [0.25, 0.3) is 0 Å². The van der Waals surface area contributed by atoms with Crippen molar-refractivity contribution in [1.29, 1.82) is 0 Å². The summed E-state index contributed by atoms with van der Waals surface area (Å²) in [4.78, 5) is 4.79. The van der Waals surface area contributed by atoms with E-state index >= 15 is 0 Å². The highest BCUT2D eigenvalue weighted by Crippen LogP contribution is 2.23. The van der Waals surface area contributed by atoms with E-state index in [0.717, 1.165) is 62.7 Å². The van der Waals surface area contributed by atoms with Crippen LogP contribution in [0.1, 0.15) is 24.4 Å². The van der Waals surface area contributed by atoms with Gasteiger partial charge in [-0.15, -0.1) is 0 Å². The smallest absolute Gasteiger partial charge is 0.0558 e. The first kappa shape index (κ1) is 16.7. The van der Waals surface area contributed by atoms with Crippen LogP contribution in [-0.2, 0) is 0 Å². The molecule has 1 fully saturated rings. The third-order valence-corrected chi connectivity index (χ3v) is 4.50. The normalized spacial score (nSPS) is 19.4. The summed E-state index contributed by atoms with van der Waals surface area (Å²) >= 11 is 6.20. The molecular formula is C16H26ClN3O. The highest BCUT2D eigenvalue weighted by molar-refractivity contribution is 6.31. The van der Waals surface area contributed by atoms with E-state index < -0.39 is 0 Å². The Morgan fingerprint density at radius 2 is 1.76 bits per heavy atom. The molecule has 3 N–H and O–H groups in total. The zero-order chi connectivity index (χ0) is 15.1. The lowest BCUT2D eigenvalue weighted by atomic mass is 10.0. The van der Waals surface area contributed by atoms with Gasteiger partial charge in [-0.05, 0) is 44.1 Å². The summed E-state index contributed by atoms with van der Waals surface area (Å²) in [6, 6.07) is 7.83. The van der Waals surface area contributed by atoms with E-state index in [-0.39, 0.29) is 12.6 Å². The zero-order valence-corrected chi connectivity index (χ0v) is 13.3. The maximum Gasteiger partial charge on any atom is 0.0558 e. The standard InChI is InChI=1S/C16H26ClN3O/c17-15-5-2-1-4-14(15)16(18)6-9-19-7-3-8-20(11-10-19)12-13-21/h1-2,4-5,16,21H,3,6-13,18H2. The first-order valence-corrected chi connectivity index (χ1v) is 8.14. The molecule has 0 saturated carbocycles. The molecule has 0 aromatic heterocycles. The zero-order valence-electron chi connectivity index (χ0n) is 12.5. The lowest BCUT2D eigenvalue weighted by Crippen LogP contribution is -2.33. The molecule has 1 aliphatic heterocycles. The molecule has 1 atom stereocenters. The van der Waals surface area contributed by atoms with Gasteiger partial charge in [-0.25, -0.2) is 0 Å². The molecule has 4 nitrogen and oxygen atoms in total. The summed E-state index contributed by atoms with van der Waals surface area (Å²) in [5.74, 6) is 0. The quantitative estimate of drug-likeness (QED) is 0.840. The Bertz CT molecular complexity index is 430. The van der Waals surface area contributed by atoms with Crippen molar-refractivity contribution in [2.45, 2.75) is 18.9 Å². The molecular weight excluding hydrogens is 286 g/mol. The van der Waals surface area contributed by atoms with Gasteiger partial charge in [0.15, 0.2) is 0 Å². The van der Waals surface area contributed by atoms with Crippen molar-refractivity contribution in [1.82, 2.24) is 9.80 Å². The highest BCUT2D eigenvalue weighted by Gasteiger charge is 2.16. The predicted molar refractivity (Wildman–Crippen MR) is 87.6 cm³/mol. The van der Waals surface area contributed by atoms with E-state index in [1.807, 2.05) is 24.3 Å². The van der Waals surface area contributed by atoms with Gasteiger partial charge in [0.2, 0.25) is 0 Å². The molecule has 1 aromatic carbocycles. The molecule has 5 heteroatoms. The monoisotopic (exact) mass is 311 g/mol. The average Bonchev–Trinajstić information content (AvgIpc) is 2.71. The highest BCUT2D eigenvalue weighted by atomic mass is 35.5. The SMILES string of the molecule is NC(CCN1CCCN(CCO)CC1)c1ccccc1Cl. The molecule has 0 aliphatic carbocycles. The number of hydrogen-bond donors (Lipinski definition) is 2. The van der Waals surface area contributed by atoms with Crippen LogP contribution in [0.5, 0.6) is 0 Å². The van der Waals surface area contributed by atoms with Crippen LogP contribution in [0.2, 0.25) is 5.02 Å². The van der Waals surface area contributed by atoms with E-state index in [2.05, 4.69) is 9.80 Å². The first-order valence-electron chi connectivity index (χ1n) is 7.76. The van der Waals surface area contributed by atoms with Crippen molar-refractivity contribution in [2.75, 3.05) is 45.9 Å². The Hall–Kier alpha value is -0.650. The number of β-amino-alcohol motifs (C(OH)–C–C–N with tert-alkyl or cyclic N) is 1. The van der Waals surface area contributed by atoms with Gasteiger partial charge in [-0.2, -0.15) is 0 Å². The largest absolute Gasteiger partial charge is 0.395 e. The van der Waals surface area contributed by atoms with Crippen LogP contribution < -0.4 is 5.73 Å². The Kier molecular flexibility index (Phi) is 6.93. The van der Waals surface area contributed by atoms with Crippen LogP contribution in [0.15, 0.2) is 24.3 Å². The maximum absolute atomic E-state index is 9.02. The molecule has 2 rings (SSSR count). The Morgan fingerprint density at radius 3 is 2.43 bits per heavy atom. The lowest BCUT2D eigenvalue weighted by molar-refractivity contribution is 0.196. The minimum Gasteiger partial charge on any atom is -0.395 e. The number of aliphatic hydroxyl groups is 1. The van der Waals surface area contributed by atoms with Gasteiger partial charge >= 0.3 is 0 Å². The fourth-order valence-electron chi connectivity index (χ4n) is 2.87. The minimum atomic E-state index is -0.00417. The van der Waals surface area contributed by atoms with Gasteiger partial charge in [-0.1, -0.05) is 29.8 Å². The van der Waals surface area contributed by atoms with E-state index in [1.165, 1.54) is 0 Å². The molecule has 1 heterocycles. The molecule has 1 saturated heterocycles. The van der Waals surface area contributed by atoms with Crippen LogP contribution in [0, 0.1) is 0 Å². The topological polar surface area (TPSA) is 52.7 Å². The molecule has 21 heavy (non-hydrogen) atoms. The minimum absolute atomic E-state index is 0.00417. The third kappa shape index (κ3) is 5.24. The number of hydrogen-bond acceptors (Lipinski definition) is 4. The maximum atomic E-state index is 9.02. The predicted octanol–water partition coefficient (Wildman–Crippen LogP) is 1.73. The molecule has 0 amide bonds. The van der Waals surface area contributed by atoms with Crippen LogP contribution in [0.3, 0.4) is 0 Å². The van der Waals surface area contributed by atoms with Crippen molar-refractivity contribution >= 4 is 11.6 Å². The van der Waals surface area contributed by atoms with Crippen molar-refractivity contribution in [3.63, 3.8) is 0 Å². The second-order valence-corrected chi connectivity index (χ2v) is 6.08. The van der Waals surface area contributed by atoms with Crippen molar-refractivity contribution in [2.24, 2.45) is 5.73 Å². The van der Waals surface area contributed by atoms with E-state index in [4.69, 9.17) is 22.4 Å². The van der Waals surface area contributed by atoms with Crippen LogP contribution >= 0.6 is 11.6 Å². The van der Waals surface area contributed by atoms with Gasteiger partial charge in [0.05, 0.1) is 6.61 Å². The van der Waals surface area contributed by atoms with Crippen molar-refractivity contribution in [3.8, 4) is 0 Å². The molecule has 1 aliphatic rings. The average molecular weight is 312 g/mol. The Morgan fingerprint density at radius 1 is 1.10 bits per heavy atom. The number of aliphatic hydroxyl groups excluding tert-OH is 1. The molecule has 0 radical (unpaired) electrons. The number of nitrogens with zero attached hydrogens (tertiary/aromatic N) is 2. The van der Waals surface area contributed by atoms with Gasteiger partial charge in [0.1, 0.15) is 0 Å². The van der Waals surface area contributed by atoms with E-state index in [9.17, 15) is 0 Å². The van der Waals surface area contributed by atoms with Crippen LogP contribution in [-0.4, -0.2) is 60.8 Å². The van der Waals surface area contributed by atoms with Crippen molar-refractivity contribution in [3.05, 3.63) is 34.9 Å². The van der Waals surface area contributed by atoms with Gasteiger partial charge in [-0.3, -0.25) is 4.90 Å². The summed E-state index contributed by atoms with van der Waals surface area (Å²) in [6.07, 6.45) is 2.07. The van der Waals surface area contributed by atoms with Gasteiger partial charge in [0.25, 0.3) is 0 Å². The molecule has 0 bridgehead atoms. The van der Waals surface area contributed by atoms with E-state index in [0.29, 0.717) is 0 Å². The second kappa shape index (κ2) is 8.71. The number of rotatable bonds is 6. The number of benzene rings is 1. The first-order chi connectivity index (χ1) is 10.2. The fourth-order valence-corrected chi connectivity index (χ4v) is 3.14. The third-order valence-electron chi connectivity index (χ3n) is 4.16. The molecule has 1 unspecified atom stereocenters. The lowest BCUT2D eigenvalue weighted by Gasteiger charge is -2.23. The molecule has 118 valence electrons.